The van der Waals surface area contributed by atoms with Crippen LogP contribution in [0.15, 0.2) is 60.7 Å². The largest absolute Gasteiger partial charge is 0.496 e. The second kappa shape index (κ2) is 7.99. The zero-order chi connectivity index (χ0) is 17.6. The van der Waals surface area contributed by atoms with Crippen LogP contribution in [-0.2, 0) is 4.79 Å². The van der Waals surface area contributed by atoms with Crippen molar-refractivity contribution in [1.82, 2.24) is 9.80 Å². The lowest BCUT2D eigenvalue weighted by Gasteiger charge is -2.40. The second-order valence-electron chi connectivity index (χ2n) is 6.30. The number of carbonyl (C=O) groups excluding carboxylic acids is 1. The van der Waals surface area contributed by atoms with Gasteiger partial charge in [-0.3, -0.25) is 4.79 Å². The first-order chi connectivity index (χ1) is 12.2. The van der Waals surface area contributed by atoms with E-state index in [1.807, 2.05) is 53.4 Å². The van der Waals surface area contributed by atoms with Gasteiger partial charge in [-0.25, -0.2) is 0 Å². The van der Waals surface area contributed by atoms with Gasteiger partial charge in [0.05, 0.1) is 13.2 Å². The number of carbonyl (C=O) groups is 1. The fourth-order valence-corrected chi connectivity index (χ4v) is 3.20. The van der Waals surface area contributed by atoms with Crippen LogP contribution in [0.2, 0.25) is 0 Å². The molecule has 130 valence electrons. The van der Waals surface area contributed by atoms with Crippen molar-refractivity contribution in [2.24, 2.45) is 0 Å². The summed E-state index contributed by atoms with van der Waals surface area (Å²) in [5, 5.41) is 0. The summed E-state index contributed by atoms with van der Waals surface area (Å²) in [5.74, 6) is 0.803. The molecule has 2 aromatic rings. The highest BCUT2D eigenvalue weighted by Gasteiger charge is 2.28. The van der Waals surface area contributed by atoms with Crippen molar-refractivity contribution in [3.63, 3.8) is 0 Å². The summed E-state index contributed by atoms with van der Waals surface area (Å²) in [6.45, 7) is 2.46. The Balaban J connectivity index is 1.80. The molecule has 1 aliphatic rings. The highest BCUT2D eigenvalue weighted by molar-refractivity contribution is 5.92. The Morgan fingerprint density at radius 1 is 1.08 bits per heavy atom. The Morgan fingerprint density at radius 2 is 1.80 bits per heavy atom. The minimum absolute atomic E-state index is 0.0351. The molecule has 0 saturated carbocycles. The molecule has 1 aliphatic heterocycles. The summed E-state index contributed by atoms with van der Waals surface area (Å²) in [7, 11) is 3.74. The number of piperazine rings is 1. The van der Waals surface area contributed by atoms with Crippen molar-refractivity contribution in [2.75, 3.05) is 33.8 Å². The fraction of sp³-hybridized carbons (Fsp3) is 0.286. The normalized spacial score (nSPS) is 18.5. The molecule has 4 nitrogen and oxygen atoms in total. The molecule has 4 heteroatoms. The lowest BCUT2D eigenvalue weighted by molar-refractivity contribution is -0.130. The Morgan fingerprint density at radius 3 is 2.56 bits per heavy atom. The number of likely N-dealkylation sites (N-methyl/N-ethyl adjacent to an activating group) is 1. The summed E-state index contributed by atoms with van der Waals surface area (Å²) in [5.41, 5.74) is 2.08. The smallest absolute Gasteiger partial charge is 0.247 e. The third-order valence-electron chi connectivity index (χ3n) is 4.60. The molecule has 1 saturated heterocycles. The zero-order valence-corrected chi connectivity index (χ0v) is 14.8. The number of ether oxygens (including phenoxy) is 1. The van der Waals surface area contributed by atoms with Crippen LogP contribution in [0, 0.1) is 0 Å². The Kier molecular flexibility index (Phi) is 5.51. The van der Waals surface area contributed by atoms with E-state index in [-0.39, 0.29) is 11.9 Å². The van der Waals surface area contributed by atoms with Crippen LogP contribution in [0.5, 0.6) is 5.75 Å². The molecule has 2 aromatic carbocycles. The van der Waals surface area contributed by atoms with E-state index >= 15 is 0 Å². The van der Waals surface area contributed by atoms with E-state index in [0.717, 1.165) is 30.9 Å². The van der Waals surface area contributed by atoms with Crippen LogP contribution in [0.4, 0.5) is 0 Å². The van der Waals surface area contributed by atoms with E-state index in [2.05, 4.69) is 24.1 Å². The van der Waals surface area contributed by atoms with Crippen molar-refractivity contribution in [2.45, 2.75) is 6.04 Å². The van der Waals surface area contributed by atoms with Gasteiger partial charge in [-0.1, -0.05) is 48.5 Å². The molecule has 1 amide bonds. The number of rotatable bonds is 4. The molecule has 1 fully saturated rings. The minimum atomic E-state index is 0.0351. The fourth-order valence-electron chi connectivity index (χ4n) is 3.20. The Bertz CT molecular complexity index is 743. The van der Waals surface area contributed by atoms with Crippen molar-refractivity contribution in [1.29, 1.82) is 0 Å². The van der Waals surface area contributed by atoms with Gasteiger partial charge in [-0.05, 0) is 24.8 Å². The second-order valence-corrected chi connectivity index (χ2v) is 6.30. The predicted octanol–water partition coefficient (Wildman–Crippen LogP) is 3.22. The molecule has 0 aromatic heterocycles. The summed E-state index contributed by atoms with van der Waals surface area (Å²) in [6.07, 6.45) is 3.49. The molecule has 0 radical (unpaired) electrons. The summed E-state index contributed by atoms with van der Waals surface area (Å²) in [6, 6.07) is 18.0. The van der Waals surface area contributed by atoms with Gasteiger partial charge >= 0.3 is 0 Å². The van der Waals surface area contributed by atoms with Gasteiger partial charge in [0.25, 0.3) is 0 Å². The van der Waals surface area contributed by atoms with E-state index < -0.39 is 0 Å². The standard InChI is InChI=1S/C21H24N2O2/c1-22-14-15-23(19(16-22)17-8-4-3-5-9-17)21(24)13-12-18-10-6-7-11-20(18)25-2/h3-13,19H,14-16H2,1-2H3. The van der Waals surface area contributed by atoms with Gasteiger partial charge in [0.2, 0.25) is 5.91 Å². The molecule has 3 rings (SSSR count). The number of amides is 1. The van der Waals surface area contributed by atoms with Crippen LogP contribution >= 0.6 is 0 Å². The highest BCUT2D eigenvalue weighted by atomic mass is 16.5. The molecule has 0 spiro atoms. The van der Waals surface area contributed by atoms with Crippen molar-refractivity contribution < 1.29 is 9.53 Å². The topological polar surface area (TPSA) is 32.8 Å². The van der Waals surface area contributed by atoms with Crippen molar-refractivity contribution >= 4 is 12.0 Å². The average Bonchev–Trinajstić information content (AvgIpc) is 2.67. The van der Waals surface area contributed by atoms with Crippen molar-refractivity contribution in [3.8, 4) is 5.75 Å². The van der Waals surface area contributed by atoms with Gasteiger partial charge in [-0.15, -0.1) is 0 Å². The molecule has 1 heterocycles. The van der Waals surface area contributed by atoms with Crippen LogP contribution in [-0.4, -0.2) is 49.5 Å². The molecule has 1 unspecified atom stereocenters. The quantitative estimate of drug-likeness (QED) is 0.804. The summed E-state index contributed by atoms with van der Waals surface area (Å²) in [4.78, 5) is 17.1. The van der Waals surface area contributed by atoms with Crippen LogP contribution in [0.25, 0.3) is 6.08 Å². The molecular formula is C21H24N2O2. The van der Waals surface area contributed by atoms with E-state index in [9.17, 15) is 4.79 Å². The van der Waals surface area contributed by atoms with E-state index in [1.54, 1.807) is 13.2 Å². The number of hydrogen-bond donors (Lipinski definition) is 0. The molecule has 0 aliphatic carbocycles. The van der Waals surface area contributed by atoms with E-state index in [4.69, 9.17) is 4.74 Å². The molecule has 0 bridgehead atoms. The van der Waals surface area contributed by atoms with Crippen LogP contribution in [0.1, 0.15) is 17.2 Å². The predicted molar refractivity (Wildman–Crippen MR) is 100 cm³/mol. The molecular weight excluding hydrogens is 312 g/mol. The summed E-state index contributed by atoms with van der Waals surface area (Å²) < 4.78 is 5.34. The van der Waals surface area contributed by atoms with Gasteiger partial charge in [0.1, 0.15) is 5.75 Å². The Labute approximate surface area is 149 Å². The van der Waals surface area contributed by atoms with E-state index in [1.165, 1.54) is 5.56 Å². The maximum absolute atomic E-state index is 12.8. The van der Waals surface area contributed by atoms with Gasteiger partial charge in [0, 0.05) is 31.3 Å². The first kappa shape index (κ1) is 17.2. The lowest BCUT2D eigenvalue weighted by Crippen LogP contribution is -2.48. The SMILES string of the molecule is COc1ccccc1C=CC(=O)N1CCN(C)CC1c1ccccc1. The lowest BCUT2D eigenvalue weighted by atomic mass is 10.0. The minimum Gasteiger partial charge on any atom is -0.496 e. The van der Waals surface area contributed by atoms with E-state index in [0.29, 0.717) is 0 Å². The molecule has 0 N–H and O–H groups in total. The third kappa shape index (κ3) is 4.09. The van der Waals surface area contributed by atoms with Gasteiger partial charge in [-0.2, -0.15) is 0 Å². The maximum atomic E-state index is 12.8. The molecule has 25 heavy (non-hydrogen) atoms. The highest BCUT2D eigenvalue weighted by Crippen LogP contribution is 2.25. The maximum Gasteiger partial charge on any atom is 0.247 e. The summed E-state index contributed by atoms with van der Waals surface area (Å²) >= 11 is 0. The number of benzene rings is 2. The van der Waals surface area contributed by atoms with Crippen LogP contribution < -0.4 is 4.74 Å². The number of nitrogens with zero attached hydrogens (tertiary/aromatic N) is 2. The monoisotopic (exact) mass is 336 g/mol. The number of para-hydroxylation sites is 1. The van der Waals surface area contributed by atoms with Crippen molar-refractivity contribution in [3.05, 3.63) is 71.8 Å². The first-order valence-electron chi connectivity index (χ1n) is 8.54. The van der Waals surface area contributed by atoms with Gasteiger partial charge in [0.15, 0.2) is 0 Å². The third-order valence-corrected chi connectivity index (χ3v) is 4.60. The van der Waals surface area contributed by atoms with Gasteiger partial charge < -0.3 is 14.5 Å². The zero-order valence-electron chi connectivity index (χ0n) is 14.8. The molecule has 1 atom stereocenters. The first-order valence-corrected chi connectivity index (χ1v) is 8.54. The van der Waals surface area contributed by atoms with Crippen LogP contribution in [0.3, 0.4) is 0 Å². The number of hydrogen-bond acceptors (Lipinski definition) is 3. The average molecular weight is 336 g/mol. The number of methoxy groups -OCH3 is 1. The Hall–Kier alpha value is -2.59.